The standard InChI is InChI=1S/C16H28N2O2/c1-5-12-14(19)17-13(16(2,3)4)15(20)18(12)10-11-8-6-7-9-11/h11-13H,5-10H2,1-4H3,(H,17,19). The molecule has 4 nitrogen and oxygen atoms in total. The first-order valence-corrected chi connectivity index (χ1v) is 7.95. The summed E-state index contributed by atoms with van der Waals surface area (Å²) in [5.41, 5.74) is -0.237. The largest absolute Gasteiger partial charge is 0.342 e. The molecular formula is C16H28N2O2. The van der Waals surface area contributed by atoms with E-state index < -0.39 is 0 Å². The molecule has 2 unspecified atom stereocenters. The van der Waals surface area contributed by atoms with Crippen molar-refractivity contribution in [2.45, 2.75) is 71.9 Å². The Labute approximate surface area is 122 Å². The lowest BCUT2D eigenvalue weighted by atomic mass is 9.83. The maximum absolute atomic E-state index is 12.8. The Kier molecular flexibility index (Phi) is 4.40. The third-order valence-electron chi connectivity index (χ3n) is 4.68. The first-order valence-electron chi connectivity index (χ1n) is 7.95. The highest BCUT2D eigenvalue weighted by molar-refractivity contribution is 5.97. The van der Waals surface area contributed by atoms with E-state index in [1.54, 1.807) is 0 Å². The summed E-state index contributed by atoms with van der Waals surface area (Å²) in [6, 6.07) is -0.666. The zero-order valence-electron chi connectivity index (χ0n) is 13.2. The van der Waals surface area contributed by atoms with Gasteiger partial charge in [-0.15, -0.1) is 0 Å². The van der Waals surface area contributed by atoms with E-state index in [9.17, 15) is 9.59 Å². The Morgan fingerprint density at radius 2 is 1.80 bits per heavy atom. The molecule has 2 atom stereocenters. The van der Waals surface area contributed by atoms with Crippen molar-refractivity contribution in [2.24, 2.45) is 11.3 Å². The van der Waals surface area contributed by atoms with Crippen molar-refractivity contribution in [1.82, 2.24) is 10.2 Å². The molecule has 1 saturated carbocycles. The summed E-state index contributed by atoms with van der Waals surface area (Å²) in [4.78, 5) is 27.0. The van der Waals surface area contributed by atoms with Gasteiger partial charge in [0.1, 0.15) is 12.1 Å². The van der Waals surface area contributed by atoms with Crippen molar-refractivity contribution in [1.29, 1.82) is 0 Å². The van der Waals surface area contributed by atoms with Crippen molar-refractivity contribution < 1.29 is 9.59 Å². The molecule has 2 fully saturated rings. The molecule has 114 valence electrons. The van der Waals surface area contributed by atoms with Crippen LogP contribution in [0.25, 0.3) is 0 Å². The van der Waals surface area contributed by atoms with Crippen molar-refractivity contribution >= 4 is 11.8 Å². The Bertz CT molecular complexity index is 380. The predicted octanol–water partition coefficient (Wildman–Crippen LogP) is 2.33. The van der Waals surface area contributed by atoms with Gasteiger partial charge in [0.15, 0.2) is 0 Å². The first kappa shape index (κ1) is 15.3. The molecule has 1 aliphatic carbocycles. The number of piperazine rings is 1. The number of hydrogen-bond acceptors (Lipinski definition) is 2. The van der Waals surface area contributed by atoms with E-state index in [0.29, 0.717) is 12.3 Å². The van der Waals surface area contributed by atoms with E-state index in [2.05, 4.69) is 5.32 Å². The second kappa shape index (κ2) is 5.74. The monoisotopic (exact) mass is 280 g/mol. The number of nitrogens with one attached hydrogen (secondary N) is 1. The fraction of sp³-hybridized carbons (Fsp3) is 0.875. The Morgan fingerprint density at radius 1 is 1.20 bits per heavy atom. The fourth-order valence-electron chi connectivity index (χ4n) is 3.44. The van der Waals surface area contributed by atoms with Crippen LogP contribution in [0.5, 0.6) is 0 Å². The lowest BCUT2D eigenvalue weighted by Crippen LogP contribution is -2.66. The molecule has 0 aromatic rings. The number of amides is 2. The molecule has 0 aromatic heterocycles. The third-order valence-corrected chi connectivity index (χ3v) is 4.68. The van der Waals surface area contributed by atoms with Crippen molar-refractivity contribution in [2.75, 3.05) is 6.54 Å². The summed E-state index contributed by atoms with van der Waals surface area (Å²) in [6.07, 6.45) is 5.61. The zero-order valence-corrected chi connectivity index (χ0v) is 13.2. The number of carbonyl (C=O) groups is 2. The quantitative estimate of drug-likeness (QED) is 0.862. The van der Waals surface area contributed by atoms with E-state index >= 15 is 0 Å². The molecule has 1 heterocycles. The number of hydrogen-bond donors (Lipinski definition) is 1. The van der Waals surface area contributed by atoms with Crippen molar-refractivity contribution in [3.63, 3.8) is 0 Å². The molecule has 0 radical (unpaired) electrons. The number of carbonyl (C=O) groups excluding carboxylic acids is 2. The molecular weight excluding hydrogens is 252 g/mol. The van der Waals surface area contributed by atoms with Gasteiger partial charge >= 0.3 is 0 Å². The maximum Gasteiger partial charge on any atom is 0.246 e. The fourth-order valence-corrected chi connectivity index (χ4v) is 3.44. The summed E-state index contributed by atoms with van der Waals surface area (Å²) in [5.74, 6) is 0.709. The van der Waals surface area contributed by atoms with Gasteiger partial charge in [0.05, 0.1) is 0 Å². The average Bonchev–Trinajstić information content (AvgIpc) is 2.85. The van der Waals surface area contributed by atoms with Gasteiger partial charge in [0, 0.05) is 6.54 Å². The Morgan fingerprint density at radius 3 is 2.30 bits per heavy atom. The molecule has 2 aliphatic rings. The minimum absolute atomic E-state index is 0.0185. The molecule has 1 aliphatic heterocycles. The van der Waals surface area contributed by atoms with E-state index in [1.807, 2.05) is 32.6 Å². The van der Waals surface area contributed by atoms with Crippen molar-refractivity contribution in [3.8, 4) is 0 Å². The molecule has 2 rings (SSSR count). The molecule has 0 spiro atoms. The average molecular weight is 280 g/mol. The molecule has 20 heavy (non-hydrogen) atoms. The molecule has 1 saturated heterocycles. The van der Waals surface area contributed by atoms with Crippen LogP contribution >= 0.6 is 0 Å². The smallest absolute Gasteiger partial charge is 0.246 e. The van der Waals surface area contributed by atoms with Crippen LogP contribution < -0.4 is 5.32 Å². The Hall–Kier alpha value is -1.06. The van der Waals surface area contributed by atoms with Crippen LogP contribution in [0.3, 0.4) is 0 Å². The summed E-state index contributed by atoms with van der Waals surface area (Å²) in [5, 5.41) is 2.93. The molecule has 2 amide bonds. The summed E-state index contributed by atoms with van der Waals surface area (Å²) < 4.78 is 0. The van der Waals surface area contributed by atoms with Gasteiger partial charge in [-0.25, -0.2) is 0 Å². The lowest BCUT2D eigenvalue weighted by Gasteiger charge is -2.44. The first-order chi connectivity index (χ1) is 9.34. The van der Waals surface area contributed by atoms with E-state index in [4.69, 9.17) is 0 Å². The van der Waals surface area contributed by atoms with Crippen LogP contribution in [0.1, 0.15) is 59.8 Å². The topological polar surface area (TPSA) is 49.4 Å². The van der Waals surface area contributed by atoms with Gasteiger partial charge in [-0.1, -0.05) is 40.5 Å². The van der Waals surface area contributed by atoms with E-state index in [1.165, 1.54) is 25.7 Å². The molecule has 0 aromatic carbocycles. The lowest BCUT2D eigenvalue weighted by molar-refractivity contribution is -0.153. The minimum atomic E-state index is -0.390. The highest BCUT2D eigenvalue weighted by Gasteiger charge is 2.45. The second-order valence-electron chi connectivity index (χ2n) is 7.37. The normalized spacial score (nSPS) is 28.9. The van der Waals surface area contributed by atoms with Gasteiger partial charge in [-0.3, -0.25) is 9.59 Å². The van der Waals surface area contributed by atoms with Crippen molar-refractivity contribution in [3.05, 3.63) is 0 Å². The van der Waals surface area contributed by atoms with Gasteiger partial charge in [-0.2, -0.15) is 0 Å². The van der Waals surface area contributed by atoms with E-state index in [-0.39, 0.29) is 29.3 Å². The summed E-state index contributed by atoms with van der Waals surface area (Å²) in [7, 11) is 0. The number of nitrogens with zero attached hydrogens (tertiary/aromatic N) is 1. The van der Waals surface area contributed by atoms with Gasteiger partial charge in [0.25, 0.3) is 0 Å². The van der Waals surface area contributed by atoms with E-state index in [0.717, 1.165) is 6.54 Å². The zero-order chi connectivity index (χ0) is 14.9. The van der Waals surface area contributed by atoms with Crippen LogP contribution in [0.2, 0.25) is 0 Å². The van der Waals surface area contributed by atoms with Crippen LogP contribution in [-0.4, -0.2) is 35.3 Å². The van der Waals surface area contributed by atoms with Crippen LogP contribution in [0, 0.1) is 11.3 Å². The number of rotatable bonds is 3. The molecule has 0 bridgehead atoms. The highest BCUT2D eigenvalue weighted by atomic mass is 16.2. The van der Waals surface area contributed by atoms with Crippen LogP contribution in [-0.2, 0) is 9.59 Å². The Balaban J connectivity index is 2.18. The second-order valence-corrected chi connectivity index (χ2v) is 7.37. The predicted molar refractivity (Wildman–Crippen MR) is 79.1 cm³/mol. The summed E-state index contributed by atoms with van der Waals surface area (Å²) in [6.45, 7) is 8.77. The van der Waals surface area contributed by atoms with Crippen LogP contribution in [0.15, 0.2) is 0 Å². The SMILES string of the molecule is CCC1C(=O)NC(C(C)(C)C)C(=O)N1CC1CCCC1. The third kappa shape index (κ3) is 2.99. The van der Waals surface area contributed by atoms with Gasteiger partial charge in [0.2, 0.25) is 11.8 Å². The van der Waals surface area contributed by atoms with Gasteiger partial charge < -0.3 is 10.2 Å². The summed E-state index contributed by atoms with van der Waals surface area (Å²) >= 11 is 0. The molecule has 4 heteroatoms. The molecule has 1 N–H and O–H groups in total. The van der Waals surface area contributed by atoms with Crippen LogP contribution in [0.4, 0.5) is 0 Å². The van der Waals surface area contributed by atoms with Gasteiger partial charge in [-0.05, 0) is 30.6 Å². The minimum Gasteiger partial charge on any atom is -0.342 e. The maximum atomic E-state index is 12.8. The highest BCUT2D eigenvalue weighted by Crippen LogP contribution is 2.30.